The van der Waals surface area contributed by atoms with Crippen molar-refractivity contribution in [2.45, 2.75) is 25.9 Å². The van der Waals surface area contributed by atoms with Crippen LogP contribution in [0.4, 0.5) is 0 Å². The highest BCUT2D eigenvalue weighted by Gasteiger charge is 2.25. The highest BCUT2D eigenvalue weighted by atomic mass is 16.5. The van der Waals surface area contributed by atoms with Crippen LogP contribution in [0.25, 0.3) is 0 Å². The molecule has 0 spiro atoms. The number of aliphatic carboxylic acids is 1. The van der Waals surface area contributed by atoms with Gasteiger partial charge in [-0.15, -0.1) is 0 Å². The fraction of sp³-hybridized carbons (Fsp3) is 0.538. The van der Waals surface area contributed by atoms with E-state index in [2.05, 4.69) is 15.4 Å². The lowest BCUT2D eigenvalue weighted by Crippen LogP contribution is -2.53. The molecular weight excluding hydrogens is 294 g/mol. The Kier molecular flexibility index (Phi) is 8.46. The summed E-state index contributed by atoms with van der Waals surface area (Å²) < 4.78 is 4.30. The van der Waals surface area contributed by atoms with E-state index in [1.165, 1.54) is 7.11 Å². The van der Waals surface area contributed by atoms with E-state index in [0.717, 1.165) is 12.2 Å². The number of ether oxygens (including phenoxy) is 1. The number of hydrogen-bond acceptors (Lipinski definition) is 6. The molecule has 0 radical (unpaired) electrons. The van der Waals surface area contributed by atoms with Gasteiger partial charge < -0.3 is 26.2 Å². The first-order chi connectivity index (χ1) is 10.2. The molecule has 9 nitrogen and oxygen atoms in total. The zero-order valence-corrected chi connectivity index (χ0v) is 12.7. The second-order valence-corrected chi connectivity index (χ2v) is 4.78. The minimum atomic E-state index is -1.17. The van der Waals surface area contributed by atoms with Gasteiger partial charge in [0.2, 0.25) is 11.8 Å². The Morgan fingerprint density at radius 3 is 2.27 bits per heavy atom. The molecule has 9 heteroatoms. The van der Waals surface area contributed by atoms with Gasteiger partial charge in [0.25, 0.3) is 0 Å². The smallest absolute Gasteiger partial charge is 0.330 e. The minimum absolute atomic E-state index is 0.208. The molecule has 0 aromatic rings. The van der Waals surface area contributed by atoms with E-state index >= 15 is 0 Å². The van der Waals surface area contributed by atoms with Crippen LogP contribution in [0.15, 0.2) is 12.2 Å². The van der Waals surface area contributed by atoms with Crippen LogP contribution in [0, 0.1) is 5.92 Å². The standard InChI is InChI=1S/C13H21N3O6/c1-7(2)11(13(20)21)16-12(19)8(14)6-15-9(17)4-5-10(18)22-3/h4-5,7-8,11H,6,14H2,1-3H3,(H,15,17)(H,16,19)(H,20,21)/b5-4-/t8-,11-/m0/s1. The molecule has 0 aliphatic carbocycles. The third kappa shape index (κ3) is 7.39. The van der Waals surface area contributed by atoms with Gasteiger partial charge in [-0.1, -0.05) is 13.8 Å². The largest absolute Gasteiger partial charge is 0.480 e. The van der Waals surface area contributed by atoms with Gasteiger partial charge in [-0.25, -0.2) is 9.59 Å². The third-order valence-electron chi connectivity index (χ3n) is 2.64. The number of carboxylic acid groups (broad SMARTS) is 1. The molecule has 5 N–H and O–H groups in total. The molecule has 2 atom stereocenters. The number of carbonyl (C=O) groups is 4. The first kappa shape index (κ1) is 19.6. The Morgan fingerprint density at radius 2 is 1.82 bits per heavy atom. The molecule has 0 aromatic carbocycles. The van der Waals surface area contributed by atoms with Gasteiger partial charge in [0, 0.05) is 18.7 Å². The van der Waals surface area contributed by atoms with Crippen molar-refractivity contribution in [3.05, 3.63) is 12.2 Å². The summed E-state index contributed by atoms with van der Waals surface area (Å²) in [6, 6.07) is -2.18. The molecule has 22 heavy (non-hydrogen) atoms. The molecule has 0 aliphatic heterocycles. The molecular formula is C13H21N3O6. The first-order valence-electron chi connectivity index (χ1n) is 6.51. The lowest BCUT2D eigenvalue weighted by atomic mass is 10.0. The van der Waals surface area contributed by atoms with Crippen molar-refractivity contribution in [1.29, 1.82) is 0 Å². The maximum absolute atomic E-state index is 11.7. The molecule has 0 aliphatic rings. The van der Waals surface area contributed by atoms with Crippen molar-refractivity contribution in [1.82, 2.24) is 10.6 Å². The molecule has 0 unspecified atom stereocenters. The molecule has 0 bridgehead atoms. The summed E-state index contributed by atoms with van der Waals surface area (Å²) in [5.41, 5.74) is 5.56. The predicted molar refractivity (Wildman–Crippen MR) is 76.5 cm³/mol. The normalized spacial score (nSPS) is 13.5. The van der Waals surface area contributed by atoms with Crippen molar-refractivity contribution in [2.75, 3.05) is 13.7 Å². The Balaban J connectivity index is 4.37. The van der Waals surface area contributed by atoms with Crippen LogP contribution in [0.2, 0.25) is 0 Å². The summed E-state index contributed by atoms with van der Waals surface area (Å²) in [5, 5.41) is 13.6. The molecule has 124 valence electrons. The van der Waals surface area contributed by atoms with Crippen LogP contribution >= 0.6 is 0 Å². The van der Waals surface area contributed by atoms with E-state index in [1.54, 1.807) is 13.8 Å². The maximum atomic E-state index is 11.7. The number of esters is 1. The Morgan fingerprint density at radius 1 is 1.23 bits per heavy atom. The molecule has 2 amide bonds. The molecule has 0 saturated carbocycles. The van der Waals surface area contributed by atoms with Crippen LogP contribution < -0.4 is 16.4 Å². The number of carboxylic acids is 1. The topological polar surface area (TPSA) is 148 Å². The molecule has 0 saturated heterocycles. The van der Waals surface area contributed by atoms with Crippen molar-refractivity contribution in [3.63, 3.8) is 0 Å². The average molecular weight is 315 g/mol. The highest BCUT2D eigenvalue weighted by Crippen LogP contribution is 2.01. The van der Waals surface area contributed by atoms with Gasteiger partial charge in [0.1, 0.15) is 12.1 Å². The monoisotopic (exact) mass is 315 g/mol. The van der Waals surface area contributed by atoms with Gasteiger partial charge in [-0.3, -0.25) is 9.59 Å². The van der Waals surface area contributed by atoms with E-state index in [1.807, 2.05) is 0 Å². The zero-order chi connectivity index (χ0) is 17.3. The van der Waals surface area contributed by atoms with Crippen molar-refractivity contribution >= 4 is 23.8 Å². The number of amides is 2. The van der Waals surface area contributed by atoms with Crippen molar-refractivity contribution < 1.29 is 29.0 Å². The van der Waals surface area contributed by atoms with Crippen LogP contribution in [0.5, 0.6) is 0 Å². The number of hydrogen-bond donors (Lipinski definition) is 4. The number of carbonyl (C=O) groups excluding carboxylic acids is 3. The fourth-order valence-electron chi connectivity index (χ4n) is 1.35. The summed E-state index contributed by atoms with van der Waals surface area (Å²) >= 11 is 0. The molecule has 0 heterocycles. The second-order valence-electron chi connectivity index (χ2n) is 4.78. The summed E-state index contributed by atoms with van der Waals surface area (Å²) in [5.74, 6) is -3.50. The predicted octanol–water partition coefficient (Wildman–Crippen LogP) is -1.62. The van der Waals surface area contributed by atoms with Gasteiger partial charge in [0.15, 0.2) is 0 Å². The van der Waals surface area contributed by atoms with Crippen molar-refractivity contribution in [2.24, 2.45) is 11.7 Å². The minimum Gasteiger partial charge on any atom is -0.480 e. The number of nitrogens with one attached hydrogen (secondary N) is 2. The van der Waals surface area contributed by atoms with E-state index in [4.69, 9.17) is 10.8 Å². The summed E-state index contributed by atoms with van der Waals surface area (Å²) in [6.07, 6.45) is 1.85. The Bertz CT molecular complexity index is 461. The fourth-order valence-corrected chi connectivity index (χ4v) is 1.35. The molecule has 0 fully saturated rings. The molecule has 0 aromatic heterocycles. The van der Waals surface area contributed by atoms with E-state index in [0.29, 0.717) is 0 Å². The second kappa shape index (κ2) is 9.50. The van der Waals surface area contributed by atoms with Gasteiger partial charge in [-0.2, -0.15) is 0 Å². The quantitative estimate of drug-likeness (QED) is 0.311. The van der Waals surface area contributed by atoms with E-state index in [9.17, 15) is 19.2 Å². The van der Waals surface area contributed by atoms with Crippen LogP contribution in [0.3, 0.4) is 0 Å². The summed E-state index contributed by atoms with van der Waals surface area (Å²) in [7, 11) is 1.17. The highest BCUT2D eigenvalue weighted by molar-refractivity contribution is 5.95. The van der Waals surface area contributed by atoms with E-state index in [-0.39, 0.29) is 12.5 Å². The van der Waals surface area contributed by atoms with Crippen LogP contribution in [0.1, 0.15) is 13.8 Å². The van der Waals surface area contributed by atoms with Gasteiger partial charge in [0.05, 0.1) is 7.11 Å². The summed E-state index contributed by atoms with van der Waals surface area (Å²) in [6.45, 7) is 3.08. The number of rotatable bonds is 8. The number of methoxy groups -OCH3 is 1. The van der Waals surface area contributed by atoms with Gasteiger partial charge in [-0.05, 0) is 5.92 Å². The Hall–Kier alpha value is -2.42. The third-order valence-corrected chi connectivity index (χ3v) is 2.64. The first-order valence-corrected chi connectivity index (χ1v) is 6.51. The van der Waals surface area contributed by atoms with Crippen molar-refractivity contribution in [3.8, 4) is 0 Å². The molecule has 0 rings (SSSR count). The summed E-state index contributed by atoms with van der Waals surface area (Å²) in [4.78, 5) is 44.8. The SMILES string of the molecule is COC(=O)/C=C\C(=O)NC[C@H](N)C(=O)N[C@H](C(=O)O)C(C)C. The number of nitrogens with two attached hydrogens (primary N) is 1. The Labute approximate surface area is 127 Å². The zero-order valence-electron chi connectivity index (χ0n) is 12.7. The van der Waals surface area contributed by atoms with E-state index < -0.39 is 35.8 Å². The van der Waals surface area contributed by atoms with Gasteiger partial charge >= 0.3 is 11.9 Å². The van der Waals surface area contributed by atoms with Crippen LogP contribution in [-0.4, -0.2) is 54.6 Å². The average Bonchev–Trinajstić information content (AvgIpc) is 2.46. The maximum Gasteiger partial charge on any atom is 0.330 e. The lowest BCUT2D eigenvalue weighted by Gasteiger charge is -2.20. The lowest BCUT2D eigenvalue weighted by molar-refractivity contribution is -0.143. The van der Waals surface area contributed by atoms with Crippen LogP contribution in [-0.2, 0) is 23.9 Å².